The van der Waals surface area contributed by atoms with E-state index < -0.39 is 5.60 Å². The van der Waals surface area contributed by atoms with Gasteiger partial charge in [0.15, 0.2) is 0 Å². The quantitative estimate of drug-likeness (QED) is 0.394. The maximum atomic E-state index is 13.4. The van der Waals surface area contributed by atoms with Gasteiger partial charge in [-0.15, -0.1) is 0 Å². The molecule has 0 radical (unpaired) electrons. The van der Waals surface area contributed by atoms with E-state index in [1.807, 2.05) is 23.1 Å². The number of halogens is 1. The van der Waals surface area contributed by atoms with Crippen molar-refractivity contribution < 1.29 is 14.6 Å². The van der Waals surface area contributed by atoms with Crippen molar-refractivity contribution in [3.05, 3.63) is 69.7 Å². The molecule has 3 N–H and O–H groups in total. The van der Waals surface area contributed by atoms with Gasteiger partial charge in [-0.05, 0) is 87.5 Å². The number of likely N-dealkylation sites (tertiary alicyclic amines) is 1. The zero-order valence-electron chi connectivity index (χ0n) is 22.4. The number of nitrogens with zero attached hydrogens (tertiary/aromatic N) is 1. The van der Waals surface area contributed by atoms with Crippen LogP contribution in [-0.4, -0.2) is 48.8 Å². The van der Waals surface area contributed by atoms with Crippen LogP contribution in [0.1, 0.15) is 73.6 Å². The van der Waals surface area contributed by atoms with Crippen LogP contribution in [0.5, 0.6) is 0 Å². The van der Waals surface area contributed by atoms with Gasteiger partial charge in [0.1, 0.15) is 0 Å². The summed E-state index contributed by atoms with van der Waals surface area (Å²) in [6, 6.07) is 14.5. The van der Waals surface area contributed by atoms with E-state index in [0.717, 1.165) is 62.6 Å². The van der Waals surface area contributed by atoms with Crippen LogP contribution in [0.25, 0.3) is 0 Å². The maximum absolute atomic E-state index is 13.4. The molecule has 2 aliphatic rings. The van der Waals surface area contributed by atoms with Gasteiger partial charge in [0.2, 0.25) is 5.91 Å². The van der Waals surface area contributed by atoms with Gasteiger partial charge >= 0.3 is 0 Å². The van der Waals surface area contributed by atoms with Gasteiger partial charge in [0.25, 0.3) is 0 Å². The third-order valence-electron chi connectivity index (χ3n) is 8.44. The first-order valence-corrected chi connectivity index (χ1v) is 14.3. The van der Waals surface area contributed by atoms with Crippen molar-refractivity contribution in [1.82, 2.24) is 4.90 Å². The molecule has 0 spiro atoms. The second-order valence-electron chi connectivity index (χ2n) is 11.2. The molecule has 2 fully saturated rings. The molecule has 4 atom stereocenters. The molecule has 1 aliphatic heterocycles. The second kappa shape index (κ2) is 12.8. The molecule has 2 aromatic carbocycles. The van der Waals surface area contributed by atoms with Crippen LogP contribution in [-0.2, 0) is 21.6 Å². The number of hydrogen-bond acceptors (Lipinski definition) is 4. The van der Waals surface area contributed by atoms with Crippen molar-refractivity contribution in [2.75, 3.05) is 26.8 Å². The summed E-state index contributed by atoms with van der Waals surface area (Å²) in [5, 5.41) is 13.3. The van der Waals surface area contributed by atoms with Crippen molar-refractivity contribution in [3.63, 3.8) is 0 Å². The maximum Gasteiger partial charge on any atom is 0.225 e. The second-order valence-corrected chi connectivity index (χ2v) is 11.6. The highest BCUT2D eigenvalue weighted by Gasteiger charge is 2.43. The average Bonchev–Trinajstić information content (AvgIpc) is 3.33. The number of methoxy groups -OCH3 is 1. The van der Waals surface area contributed by atoms with Crippen LogP contribution >= 0.6 is 11.6 Å². The van der Waals surface area contributed by atoms with Gasteiger partial charge in [0, 0.05) is 49.7 Å². The Morgan fingerprint density at radius 3 is 2.73 bits per heavy atom. The van der Waals surface area contributed by atoms with E-state index in [1.165, 1.54) is 11.1 Å². The summed E-state index contributed by atoms with van der Waals surface area (Å²) >= 11 is 6.82. The number of carbonyl (C=O) groups excluding carboxylic acids is 1. The summed E-state index contributed by atoms with van der Waals surface area (Å²) in [4.78, 5) is 15.4. The Morgan fingerprint density at radius 1 is 1.19 bits per heavy atom. The monoisotopic (exact) mass is 526 g/mol. The fraction of sp³-hybridized carbons (Fsp3) is 0.581. The average molecular weight is 527 g/mol. The van der Waals surface area contributed by atoms with E-state index in [9.17, 15) is 9.90 Å². The minimum atomic E-state index is -1.08. The summed E-state index contributed by atoms with van der Waals surface area (Å²) in [5.41, 5.74) is 9.30. The molecule has 37 heavy (non-hydrogen) atoms. The number of hydrogen-bond donors (Lipinski definition) is 2. The molecule has 6 heteroatoms. The lowest BCUT2D eigenvalue weighted by Gasteiger charge is -2.44. The highest BCUT2D eigenvalue weighted by Crippen LogP contribution is 2.43. The number of ether oxygens (including phenoxy) is 1. The summed E-state index contributed by atoms with van der Waals surface area (Å²) in [5.74, 6) is 0.176. The van der Waals surface area contributed by atoms with Crippen LogP contribution in [0.3, 0.4) is 0 Å². The first kappa shape index (κ1) is 28.1. The van der Waals surface area contributed by atoms with E-state index in [2.05, 4.69) is 31.2 Å². The molecule has 4 rings (SSSR count). The number of amides is 1. The van der Waals surface area contributed by atoms with Gasteiger partial charge in [-0.1, -0.05) is 53.6 Å². The highest BCUT2D eigenvalue weighted by atomic mass is 35.5. The number of piperidine rings is 1. The third kappa shape index (κ3) is 6.75. The fourth-order valence-corrected chi connectivity index (χ4v) is 6.68. The molecule has 202 valence electrons. The number of rotatable bonds is 10. The Bertz CT molecular complexity index is 1060. The standard InChI is InChI=1S/C31H43ClN2O3/c1-22-8-5-9-23(18-22)19-27-28(11-6-12-29(27)32)31(36,15-3-4-17-37-2)25-10-7-16-34(21-25)30(35)24-13-14-26(33)20-24/h5-6,8-9,11-12,18,24-26,36H,3-4,7,10,13-17,19-21,33H2,1-2H3/t24-,25?,26+,31+/m1/s1. The molecule has 1 saturated heterocycles. The zero-order valence-corrected chi connectivity index (χ0v) is 23.2. The van der Waals surface area contributed by atoms with Crippen LogP contribution in [0.15, 0.2) is 42.5 Å². The first-order chi connectivity index (χ1) is 17.8. The lowest BCUT2D eigenvalue weighted by molar-refractivity contribution is -0.141. The lowest BCUT2D eigenvalue weighted by Crippen LogP contribution is -2.49. The SMILES string of the molecule is COCCCC[C@@](O)(c1cccc(Cl)c1Cc1cccc(C)c1)C1CCCN(C(=O)[C@@H]2CC[C@H](N)C2)C1. The number of aryl methyl sites for hydroxylation is 1. The molecule has 2 aromatic rings. The van der Waals surface area contributed by atoms with E-state index in [1.54, 1.807) is 7.11 Å². The Morgan fingerprint density at radius 2 is 2.00 bits per heavy atom. The summed E-state index contributed by atoms with van der Waals surface area (Å²) < 4.78 is 5.29. The number of unbranched alkanes of at least 4 members (excludes halogenated alkanes) is 1. The number of benzene rings is 2. The smallest absolute Gasteiger partial charge is 0.225 e. The van der Waals surface area contributed by atoms with Gasteiger partial charge in [-0.3, -0.25) is 4.79 Å². The predicted molar refractivity (Wildman–Crippen MR) is 150 cm³/mol. The van der Waals surface area contributed by atoms with Crippen molar-refractivity contribution in [1.29, 1.82) is 0 Å². The van der Waals surface area contributed by atoms with Crippen LogP contribution in [0.2, 0.25) is 5.02 Å². The van der Waals surface area contributed by atoms with E-state index in [0.29, 0.717) is 31.0 Å². The van der Waals surface area contributed by atoms with Gasteiger partial charge in [0.05, 0.1) is 5.60 Å². The van der Waals surface area contributed by atoms with Crippen molar-refractivity contribution in [2.24, 2.45) is 17.6 Å². The van der Waals surface area contributed by atoms with Crippen molar-refractivity contribution in [3.8, 4) is 0 Å². The van der Waals surface area contributed by atoms with E-state index >= 15 is 0 Å². The summed E-state index contributed by atoms with van der Waals surface area (Å²) in [6.45, 7) is 4.08. The lowest BCUT2D eigenvalue weighted by atomic mass is 9.72. The van der Waals surface area contributed by atoms with Gasteiger partial charge < -0.3 is 20.5 Å². The highest BCUT2D eigenvalue weighted by molar-refractivity contribution is 6.31. The Labute approximate surface area is 227 Å². The molecular formula is C31H43ClN2O3. The van der Waals surface area contributed by atoms with E-state index in [4.69, 9.17) is 22.1 Å². The van der Waals surface area contributed by atoms with Crippen LogP contribution in [0, 0.1) is 18.8 Å². The van der Waals surface area contributed by atoms with Crippen LogP contribution in [0.4, 0.5) is 0 Å². The zero-order chi connectivity index (χ0) is 26.4. The summed E-state index contributed by atoms with van der Waals surface area (Å²) in [6.07, 6.45) is 7.32. The molecule has 0 bridgehead atoms. The van der Waals surface area contributed by atoms with Gasteiger partial charge in [-0.25, -0.2) is 0 Å². The predicted octanol–water partition coefficient (Wildman–Crippen LogP) is 5.61. The minimum Gasteiger partial charge on any atom is -0.385 e. The Hall–Kier alpha value is -1.92. The molecule has 5 nitrogen and oxygen atoms in total. The van der Waals surface area contributed by atoms with Gasteiger partial charge in [-0.2, -0.15) is 0 Å². The topological polar surface area (TPSA) is 75.8 Å². The Balaban J connectivity index is 1.65. The molecule has 0 aromatic heterocycles. The fourth-order valence-electron chi connectivity index (χ4n) is 6.44. The molecule has 1 aliphatic carbocycles. The summed E-state index contributed by atoms with van der Waals surface area (Å²) in [7, 11) is 1.71. The molecule has 1 amide bonds. The number of aliphatic hydroxyl groups is 1. The Kier molecular flexibility index (Phi) is 9.68. The molecule has 1 saturated carbocycles. The van der Waals surface area contributed by atoms with Crippen LogP contribution < -0.4 is 5.73 Å². The number of carbonyl (C=O) groups is 1. The minimum absolute atomic E-state index is 0.0200. The number of nitrogens with two attached hydrogens (primary N) is 1. The van der Waals surface area contributed by atoms with Crippen molar-refractivity contribution in [2.45, 2.75) is 76.4 Å². The molecule has 1 unspecified atom stereocenters. The van der Waals surface area contributed by atoms with Crippen molar-refractivity contribution >= 4 is 17.5 Å². The largest absolute Gasteiger partial charge is 0.385 e. The third-order valence-corrected chi connectivity index (χ3v) is 8.79. The molecule has 1 heterocycles. The first-order valence-electron chi connectivity index (χ1n) is 13.9. The molecular weight excluding hydrogens is 484 g/mol. The van der Waals surface area contributed by atoms with E-state index in [-0.39, 0.29) is 23.8 Å². The normalized spacial score (nSPS) is 23.7.